The summed E-state index contributed by atoms with van der Waals surface area (Å²) in [4.78, 5) is 8.77. The molecule has 0 bridgehead atoms. The van der Waals surface area contributed by atoms with Gasteiger partial charge in [-0.1, -0.05) is 11.6 Å². The molecule has 3 heterocycles. The topological polar surface area (TPSA) is 64.9 Å². The second-order valence-corrected chi connectivity index (χ2v) is 6.40. The van der Waals surface area contributed by atoms with E-state index in [1.807, 2.05) is 29.8 Å². The number of aromatic nitrogens is 4. The molecule has 0 saturated carbocycles. The number of aryl methyl sites for hydroxylation is 1. The van der Waals surface area contributed by atoms with E-state index in [1.54, 1.807) is 12.5 Å². The molecule has 4 rings (SSSR count). The SMILES string of the molecule is Cc1cc(Cl)ccc1-n1ncc2c(NCC3CCCO3)ncnc21. The maximum Gasteiger partial charge on any atom is 0.168 e. The summed E-state index contributed by atoms with van der Waals surface area (Å²) in [6.45, 7) is 3.60. The first-order valence-corrected chi connectivity index (χ1v) is 8.41. The lowest BCUT2D eigenvalue weighted by molar-refractivity contribution is 0.120. The molecule has 1 aliphatic heterocycles. The monoisotopic (exact) mass is 343 g/mol. The zero-order valence-corrected chi connectivity index (χ0v) is 14.1. The van der Waals surface area contributed by atoms with Crippen LogP contribution < -0.4 is 5.32 Å². The van der Waals surface area contributed by atoms with Crippen molar-refractivity contribution in [3.63, 3.8) is 0 Å². The van der Waals surface area contributed by atoms with Crippen molar-refractivity contribution >= 4 is 28.5 Å². The number of nitrogens with one attached hydrogen (secondary N) is 1. The second kappa shape index (κ2) is 6.37. The van der Waals surface area contributed by atoms with Gasteiger partial charge in [-0.05, 0) is 43.5 Å². The Morgan fingerprint density at radius 2 is 2.29 bits per heavy atom. The molecular weight excluding hydrogens is 326 g/mol. The maximum atomic E-state index is 6.05. The van der Waals surface area contributed by atoms with Gasteiger partial charge in [0.1, 0.15) is 12.1 Å². The maximum absolute atomic E-state index is 6.05. The fourth-order valence-corrected chi connectivity index (χ4v) is 3.26. The van der Waals surface area contributed by atoms with E-state index < -0.39 is 0 Å². The molecule has 6 nitrogen and oxygen atoms in total. The van der Waals surface area contributed by atoms with E-state index in [9.17, 15) is 0 Å². The van der Waals surface area contributed by atoms with Gasteiger partial charge in [0.25, 0.3) is 0 Å². The molecule has 124 valence electrons. The van der Waals surface area contributed by atoms with Crippen molar-refractivity contribution in [3.05, 3.63) is 41.3 Å². The molecule has 0 aliphatic carbocycles. The summed E-state index contributed by atoms with van der Waals surface area (Å²) < 4.78 is 7.47. The molecule has 1 N–H and O–H groups in total. The van der Waals surface area contributed by atoms with Crippen molar-refractivity contribution in [2.75, 3.05) is 18.5 Å². The lowest BCUT2D eigenvalue weighted by Gasteiger charge is -2.12. The summed E-state index contributed by atoms with van der Waals surface area (Å²) in [5.41, 5.74) is 2.77. The molecule has 3 aromatic rings. The Bertz CT molecular complexity index is 873. The molecule has 1 aromatic carbocycles. The van der Waals surface area contributed by atoms with Crippen molar-refractivity contribution in [1.82, 2.24) is 19.7 Å². The molecule has 0 amide bonds. The van der Waals surface area contributed by atoms with Crippen LogP contribution in [0, 0.1) is 6.92 Å². The van der Waals surface area contributed by atoms with Crippen LogP contribution in [0.2, 0.25) is 5.02 Å². The van der Waals surface area contributed by atoms with Gasteiger partial charge in [-0.2, -0.15) is 5.10 Å². The lowest BCUT2D eigenvalue weighted by atomic mass is 10.2. The van der Waals surface area contributed by atoms with E-state index in [2.05, 4.69) is 20.4 Å². The number of fused-ring (bicyclic) bond motifs is 1. The van der Waals surface area contributed by atoms with E-state index in [0.29, 0.717) is 5.02 Å². The van der Waals surface area contributed by atoms with E-state index in [-0.39, 0.29) is 6.10 Å². The summed E-state index contributed by atoms with van der Waals surface area (Å²) in [6.07, 6.45) is 5.82. The van der Waals surface area contributed by atoms with Crippen molar-refractivity contribution in [3.8, 4) is 5.69 Å². The molecule has 1 fully saturated rings. The van der Waals surface area contributed by atoms with Crippen LogP contribution in [0.15, 0.2) is 30.7 Å². The number of hydrogen-bond donors (Lipinski definition) is 1. The Labute approximate surface area is 144 Å². The van der Waals surface area contributed by atoms with Crippen LogP contribution in [-0.4, -0.2) is 39.0 Å². The predicted molar refractivity (Wildman–Crippen MR) is 93.9 cm³/mol. The fourth-order valence-electron chi connectivity index (χ4n) is 3.03. The minimum Gasteiger partial charge on any atom is -0.376 e. The van der Waals surface area contributed by atoms with Gasteiger partial charge in [-0.15, -0.1) is 0 Å². The zero-order valence-electron chi connectivity index (χ0n) is 13.4. The first kappa shape index (κ1) is 15.4. The molecular formula is C17H18ClN5O. The van der Waals surface area contributed by atoms with Gasteiger partial charge in [0.2, 0.25) is 0 Å². The number of rotatable bonds is 4. The van der Waals surface area contributed by atoms with E-state index >= 15 is 0 Å². The Morgan fingerprint density at radius 1 is 1.38 bits per heavy atom. The van der Waals surface area contributed by atoms with Crippen LogP contribution in [0.4, 0.5) is 5.82 Å². The van der Waals surface area contributed by atoms with Crippen LogP contribution in [0.25, 0.3) is 16.7 Å². The number of anilines is 1. The summed E-state index contributed by atoms with van der Waals surface area (Å²) in [5.74, 6) is 0.786. The molecule has 1 unspecified atom stereocenters. The molecule has 2 aromatic heterocycles. The van der Waals surface area contributed by atoms with Crippen LogP contribution in [0.3, 0.4) is 0 Å². The van der Waals surface area contributed by atoms with Crippen LogP contribution in [-0.2, 0) is 4.74 Å². The largest absolute Gasteiger partial charge is 0.376 e. The minimum atomic E-state index is 0.253. The number of ether oxygens (including phenoxy) is 1. The molecule has 24 heavy (non-hydrogen) atoms. The Hall–Kier alpha value is -2.18. The first-order chi connectivity index (χ1) is 11.7. The predicted octanol–water partition coefficient (Wildman–Crippen LogP) is 3.37. The highest BCUT2D eigenvalue weighted by Gasteiger charge is 2.17. The average molecular weight is 344 g/mol. The summed E-state index contributed by atoms with van der Waals surface area (Å²) in [7, 11) is 0. The third-order valence-corrected chi connectivity index (χ3v) is 4.51. The van der Waals surface area contributed by atoms with Crippen molar-refractivity contribution in [2.24, 2.45) is 0 Å². The molecule has 7 heteroatoms. The van der Waals surface area contributed by atoms with Crippen molar-refractivity contribution < 1.29 is 4.74 Å². The van der Waals surface area contributed by atoms with Crippen LogP contribution >= 0.6 is 11.6 Å². The van der Waals surface area contributed by atoms with E-state index in [1.165, 1.54) is 0 Å². The van der Waals surface area contributed by atoms with Gasteiger partial charge in [-0.3, -0.25) is 0 Å². The highest BCUT2D eigenvalue weighted by Crippen LogP contribution is 2.25. The molecule has 0 spiro atoms. The van der Waals surface area contributed by atoms with Crippen LogP contribution in [0.1, 0.15) is 18.4 Å². The average Bonchev–Trinajstić information content (AvgIpc) is 3.22. The summed E-state index contributed by atoms with van der Waals surface area (Å²) in [5, 5.41) is 9.47. The molecule has 1 atom stereocenters. The molecule has 0 radical (unpaired) electrons. The molecule has 1 aliphatic rings. The van der Waals surface area contributed by atoms with Gasteiger partial charge in [-0.25, -0.2) is 14.6 Å². The summed E-state index contributed by atoms with van der Waals surface area (Å²) in [6, 6.07) is 5.73. The highest BCUT2D eigenvalue weighted by atomic mass is 35.5. The zero-order chi connectivity index (χ0) is 16.5. The quantitative estimate of drug-likeness (QED) is 0.786. The van der Waals surface area contributed by atoms with Gasteiger partial charge in [0, 0.05) is 18.2 Å². The standard InChI is InChI=1S/C17H18ClN5O/c1-11-7-12(18)4-5-15(11)23-17-14(9-22-23)16(20-10-21-17)19-8-13-3-2-6-24-13/h4-5,7,9-10,13H,2-3,6,8H2,1H3,(H,19,20,21). The Morgan fingerprint density at radius 3 is 3.08 bits per heavy atom. The number of halogens is 1. The van der Waals surface area contributed by atoms with Gasteiger partial charge >= 0.3 is 0 Å². The van der Waals surface area contributed by atoms with Gasteiger partial charge < -0.3 is 10.1 Å². The number of nitrogens with zero attached hydrogens (tertiary/aromatic N) is 4. The third kappa shape index (κ3) is 2.83. The van der Waals surface area contributed by atoms with Gasteiger partial charge in [0.15, 0.2) is 5.65 Å². The Kier molecular flexibility index (Phi) is 4.08. The van der Waals surface area contributed by atoms with Crippen molar-refractivity contribution in [2.45, 2.75) is 25.9 Å². The number of hydrogen-bond acceptors (Lipinski definition) is 5. The normalized spacial score (nSPS) is 17.5. The minimum absolute atomic E-state index is 0.253. The second-order valence-electron chi connectivity index (χ2n) is 5.96. The first-order valence-electron chi connectivity index (χ1n) is 8.03. The smallest absolute Gasteiger partial charge is 0.168 e. The highest BCUT2D eigenvalue weighted by molar-refractivity contribution is 6.30. The van der Waals surface area contributed by atoms with E-state index in [4.69, 9.17) is 16.3 Å². The van der Waals surface area contributed by atoms with Gasteiger partial charge in [0.05, 0.1) is 23.4 Å². The molecule has 1 saturated heterocycles. The third-order valence-electron chi connectivity index (χ3n) is 4.27. The fraction of sp³-hybridized carbons (Fsp3) is 0.353. The van der Waals surface area contributed by atoms with Crippen LogP contribution in [0.5, 0.6) is 0 Å². The lowest BCUT2D eigenvalue weighted by Crippen LogP contribution is -2.19. The van der Waals surface area contributed by atoms with Crippen molar-refractivity contribution in [1.29, 1.82) is 0 Å². The van der Waals surface area contributed by atoms with E-state index in [0.717, 1.165) is 54.1 Å². The Balaban J connectivity index is 1.68. The number of benzene rings is 1. The summed E-state index contributed by atoms with van der Waals surface area (Å²) >= 11 is 6.05.